The van der Waals surface area contributed by atoms with Crippen molar-refractivity contribution in [2.75, 3.05) is 5.32 Å². The molecule has 0 aliphatic rings. The van der Waals surface area contributed by atoms with Crippen LogP contribution in [0, 0.1) is 29.9 Å². The number of hydrogen-bond donors (Lipinski definition) is 2. The smallest absolute Gasteiger partial charge is 0.336 e. The fourth-order valence-corrected chi connectivity index (χ4v) is 1.83. The lowest BCUT2D eigenvalue weighted by Crippen LogP contribution is -2.03. The van der Waals surface area contributed by atoms with Gasteiger partial charge in [-0.1, -0.05) is 6.07 Å². The second-order valence-electron chi connectivity index (χ2n) is 4.39. The molecule has 4 nitrogen and oxygen atoms in total. The molecule has 2 N–H and O–H groups in total. The van der Waals surface area contributed by atoms with E-state index in [-0.39, 0.29) is 16.8 Å². The zero-order valence-electron chi connectivity index (χ0n) is 10.9. The molecule has 2 rings (SSSR count). The molecule has 0 saturated heterocycles. The van der Waals surface area contributed by atoms with Gasteiger partial charge in [0.05, 0.1) is 17.2 Å². The van der Waals surface area contributed by atoms with Gasteiger partial charge < -0.3 is 10.4 Å². The normalized spacial score (nSPS) is 10.0. The molecule has 6 heteroatoms. The number of halogens is 2. The van der Waals surface area contributed by atoms with E-state index in [9.17, 15) is 13.6 Å². The van der Waals surface area contributed by atoms with Crippen molar-refractivity contribution >= 4 is 17.3 Å². The van der Waals surface area contributed by atoms with Gasteiger partial charge in [0.2, 0.25) is 0 Å². The van der Waals surface area contributed by atoms with Crippen molar-refractivity contribution < 1.29 is 18.7 Å². The second kappa shape index (κ2) is 5.59. The Balaban J connectivity index is 2.42. The fraction of sp³-hybridized carbons (Fsp3) is 0.0667. The van der Waals surface area contributed by atoms with Gasteiger partial charge in [-0.05, 0) is 36.8 Å². The molecule has 0 unspecified atom stereocenters. The predicted octanol–water partition coefficient (Wildman–Crippen LogP) is 3.59. The summed E-state index contributed by atoms with van der Waals surface area (Å²) in [4.78, 5) is 11.0. The summed E-state index contributed by atoms with van der Waals surface area (Å²) in [6, 6.07) is 7.78. The molecule has 0 fully saturated rings. The van der Waals surface area contributed by atoms with E-state index in [0.29, 0.717) is 5.56 Å². The number of nitrogens with zero attached hydrogens (tertiary/aromatic N) is 1. The number of anilines is 2. The van der Waals surface area contributed by atoms with Crippen LogP contribution in [0.5, 0.6) is 0 Å². The Kier molecular flexibility index (Phi) is 3.85. The van der Waals surface area contributed by atoms with Gasteiger partial charge in [0.15, 0.2) is 11.6 Å². The van der Waals surface area contributed by atoms with Crippen LogP contribution in [0.15, 0.2) is 30.3 Å². The molecule has 2 aromatic rings. The fourth-order valence-electron chi connectivity index (χ4n) is 1.83. The number of benzene rings is 2. The quantitative estimate of drug-likeness (QED) is 0.905. The third kappa shape index (κ3) is 2.98. The molecule has 0 amide bonds. The first-order chi connectivity index (χ1) is 9.92. The largest absolute Gasteiger partial charge is 0.478 e. The minimum Gasteiger partial charge on any atom is -0.478 e. The van der Waals surface area contributed by atoms with Crippen LogP contribution in [0.4, 0.5) is 20.2 Å². The van der Waals surface area contributed by atoms with Gasteiger partial charge >= 0.3 is 5.97 Å². The Hall–Kier alpha value is -2.94. The molecule has 0 heterocycles. The van der Waals surface area contributed by atoms with Crippen molar-refractivity contribution in [3.05, 3.63) is 58.7 Å². The maximum Gasteiger partial charge on any atom is 0.336 e. The van der Waals surface area contributed by atoms with Crippen LogP contribution in [-0.2, 0) is 0 Å². The van der Waals surface area contributed by atoms with E-state index in [0.717, 1.165) is 12.1 Å². The molecule has 0 saturated carbocycles. The van der Waals surface area contributed by atoms with Gasteiger partial charge in [-0.15, -0.1) is 0 Å². The molecule has 0 aliphatic carbocycles. The van der Waals surface area contributed by atoms with Crippen LogP contribution in [-0.4, -0.2) is 11.1 Å². The summed E-state index contributed by atoms with van der Waals surface area (Å²) < 4.78 is 27.5. The summed E-state index contributed by atoms with van der Waals surface area (Å²) in [5.41, 5.74) is 0.240. The number of carboxylic acids is 1. The molecular weight excluding hydrogens is 278 g/mol. The molecule has 21 heavy (non-hydrogen) atoms. The molecule has 0 aromatic heterocycles. The van der Waals surface area contributed by atoms with Crippen molar-refractivity contribution in [3.63, 3.8) is 0 Å². The van der Waals surface area contributed by atoms with Crippen LogP contribution >= 0.6 is 0 Å². The Morgan fingerprint density at radius 2 is 1.86 bits per heavy atom. The van der Waals surface area contributed by atoms with Crippen molar-refractivity contribution in [3.8, 4) is 6.07 Å². The van der Waals surface area contributed by atoms with E-state index >= 15 is 0 Å². The van der Waals surface area contributed by atoms with E-state index < -0.39 is 23.3 Å². The zero-order chi connectivity index (χ0) is 15.6. The van der Waals surface area contributed by atoms with Gasteiger partial charge in [-0.25, -0.2) is 13.6 Å². The average Bonchev–Trinajstić information content (AvgIpc) is 2.43. The minimum absolute atomic E-state index is 0.0365. The number of rotatable bonds is 3. The molecular formula is C15H10F2N2O2. The number of aromatic carboxylic acids is 1. The molecule has 0 aliphatic heterocycles. The molecule has 0 spiro atoms. The molecule has 0 atom stereocenters. The first-order valence-electron chi connectivity index (χ1n) is 5.92. The van der Waals surface area contributed by atoms with E-state index in [1.165, 1.54) is 18.2 Å². The maximum absolute atomic E-state index is 13.8. The number of carbonyl (C=O) groups is 1. The topological polar surface area (TPSA) is 73.1 Å². The van der Waals surface area contributed by atoms with Crippen molar-refractivity contribution in [1.82, 2.24) is 0 Å². The lowest BCUT2D eigenvalue weighted by Gasteiger charge is -2.11. The Morgan fingerprint density at radius 1 is 1.24 bits per heavy atom. The summed E-state index contributed by atoms with van der Waals surface area (Å²) >= 11 is 0. The Labute approximate surface area is 119 Å². The highest BCUT2D eigenvalue weighted by Crippen LogP contribution is 2.26. The number of hydrogen-bond acceptors (Lipinski definition) is 3. The van der Waals surface area contributed by atoms with Gasteiger partial charge in [-0.2, -0.15) is 5.26 Å². The van der Waals surface area contributed by atoms with Gasteiger partial charge in [-0.3, -0.25) is 0 Å². The Morgan fingerprint density at radius 3 is 2.38 bits per heavy atom. The highest BCUT2D eigenvalue weighted by molar-refractivity contribution is 5.90. The lowest BCUT2D eigenvalue weighted by molar-refractivity contribution is 0.0696. The average molecular weight is 288 g/mol. The van der Waals surface area contributed by atoms with Gasteiger partial charge in [0.1, 0.15) is 5.69 Å². The number of aryl methyl sites for hydroxylation is 1. The van der Waals surface area contributed by atoms with Gasteiger partial charge in [0, 0.05) is 5.69 Å². The summed E-state index contributed by atoms with van der Waals surface area (Å²) in [6.45, 7) is 1.62. The highest BCUT2D eigenvalue weighted by atomic mass is 19.1. The van der Waals surface area contributed by atoms with E-state index in [2.05, 4.69) is 5.32 Å². The Bertz CT molecular complexity index is 744. The number of carboxylic acid groups (broad SMARTS) is 1. The molecule has 106 valence electrons. The van der Waals surface area contributed by atoms with Crippen LogP contribution < -0.4 is 5.32 Å². The van der Waals surface area contributed by atoms with Crippen molar-refractivity contribution in [2.45, 2.75) is 6.92 Å². The molecule has 0 radical (unpaired) electrons. The van der Waals surface area contributed by atoms with Crippen molar-refractivity contribution in [1.29, 1.82) is 5.26 Å². The highest BCUT2D eigenvalue weighted by Gasteiger charge is 2.13. The third-order valence-corrected chi connectivity index (χ3v) is 2.91. The van der Waals surface area contributed by atoms with Crippen LogP contribution in [0.25, 0.3) is 0 Å². The van der Waals surface area contributed by atoms with E-state index in [1.54, 1.807) is 13.0 Å². The number of nitrogens with one attached hydrogen (secondary N) is 1. The standard InChI is InChI=1S/C15H10F2N2O2/c1-8-2-3-10(6-11(8)15(20)21)19-14-12(16)4-9(7-18)5-13(14)17/h2-6,19H,1H3,(H,20,21). The summed E-state index contributed by atoms with van der Waals surface area (Å²) in [5, 5.41) is 20.1. The van der Waals surface area contributed by atoms with Crippen LogP contribution in [0.2, 0.25) is 0 Å². The first kappa shape index (κ1) is 14.5. The van der Waals surface area contributed by atoms with Crippen LogP contribution in [0.1, 0.15) is 21.5 Å². The third-order valence-electron chi connectivity index (χ3n) is 2.91. The molecule has 0 bridgehead atoms. The van der Waals surface area contributed by atoms with Gasteiger partial charge in [0.25, 0.3) is 0 Å². The van der Waals surface area contributed by atoms with Crippen molar-refractivity contribution in [2.24, 2.45) is 0 Å². The van der Waals surface area contributed by atoms with E-state index in [1.807, 2.05) is 0 Å². The van der Waals surface area contributed by atoms with Crippen LogP contribution in [0.3, 0.4) is 0 Å². The predicted molar refractivity (Wildman–Crippen MR) is 72.5 cm³/mol. The summed E-state index contributed by atoms with van der Waals surface area (Å²) in [7, 11) is 0. The minimum atomic E-state index is -1.13. The second-order valence-corrected chi connectivity index (χ2v) is 4.39. The van der Waals surface area contributed by atoms with E-state index in [4.69, 9.17) is 10.4 Å². The first-order valence-corrected chi connectivity index (χ1v) is 5.92. The maximum atomic E-state index is 13.8. The SMILES string of the molecule is Cc1ccc(Nc2c(F)cc(C#N)cc2F)cc1C(=O)O. The summed E-state index contributed by atoms with van der Waals surface area (Å²) in [5.74, 6) is -2.98. The molecule has 2 aromatic carbocycles. The lowest BCUT2D eigenvalue weighted by atomic mass is 10.1. The monoisotopic (exact) mass is 288 g/mol. The summed E-state index contributed by atoms with van der Waals surface area (Å²) in [6.07, 6.45) is 0. The zero-order valence-corrected chi connectivity index (χ0v) is 10.9. The number of nitriles is 1.